The Morgan fingerprint density at radius 1 is 0.966 bits per heavy atom. The minimum absolute atomic E-state index is 0.0439. The van der Waals surface area contributed by atoms with Crippen LogP contribution in [0, 0.1) is 6.92 Å². The van der Waals surface area contributed by atoms with Crippen LogP contribution in [-0.4, -0.2) is 36.1 Å². The highest BCUT2D eigenvalue weighted by Crippen LogP contribution is 2.32. The molecule has 0 unspecified atom stereocenters. The molecular formula is C19H16N2O7S. The summed E-state index contributed by atoms with van der Waals surface area (Å²) >= 11 is 0.456. The van der Waals surface area contributed by atoms with Crippen LogP contribution in [-0.2, 0) is 13.8 Å². The highest BCUT2D eigenvalue weighted by Gasteiger charge is 2.26. The van der Waals surface area contributed by atoms with E-state index in [1.54, 1.807) is 24.3 Å². The molecule has 3 rings (SSSR count). The van der Waals surface area contributed by atoms with Gasteiger partial charge >= 0.3 is 11.9 Å². The molecule has 0 amide bonds. The second-order valence-corrected chi connectivity index (χ2v) is 6.08. The van der Waals surface area contributed by atoms with Gasteiger partial charge in [-0.05, 0) is 31.2 Å². The van der Waals surface area contributed by atoms with Gasteiger partial charge in [0, 0.05) is 11.6 Å². The van der Waals surface area contributed by atoms with Crippen molar-refractivity contribution in [3.63, 3.8) is 0 Å². The summed E-state index contributed by atoms with van der Waals surface area (Å²) in [6, 6.07) is 10.4. The maximum Gasteiger partial charge on any atom is 0.360 e. The summed E-state index contributed by atoms with van der Waals surface area (Å²) in [5, 5.41) is 0.335. The van der Waals surface area contributed by atoms with Gasteiger partial charge in [-0.1, -0.05) is 22.0 Å². The maximum atomic E-state index is 12.2. The van der Waals surface area contributed by atoms with Gasteiger partial charge in [0.15, 0.2) is 22.9 Å². The van der Waals surface area contributed by atoms with E-state index >= 15 is 0 Å². The zero-order valence-corrected chi connectivity index (χ0v) is 16.5. The van der Waals surface area contributed by atoms with Crippen LogP contribution >= 0.6 is 12.3 Å². The first-order valence-corrected chi connectivity index (χ1v) is 8.91. The number of hydrogen-bond donors (Lipinski definition) is 0. The number of methoxy groups -OCH3 is 2. The van der Waals surface area contributed by atoms with Crippen LogP contribution in [0.3, 0.4) is 0 Å². The quantitative estimate of drug-likeness (QED) is 0.187. The minimum atomic E-state index is -0.822. The third-order valence-electron chi connectivity index (χ3n) is 3.77. The standard InChI is InChI=1S/C19H16N2O7S/c1-11-6-8-12(9-7-11)26-28-29-27-17-14-13(5-4-10-20-14)15(18(22)24-2)21-16(17)19(23)25-3/h4-10H,1-3H3. The Labute approximate surface area is 170 Å². The Bertz CT molecular complexity index is 1040. The van der Waals surface area contributed by atoms with Gasteiger partial charge < -0.3 is 18.5 Å². The van der Waals surface area contributed by atoms with E-state index in [9.17, 15) is 9.59 Å². The Kier molecular flexibility index (Phi) is 6.47. The number of hydrogen-bond acceptors (Lipinski definition) is 10. The third-order valence-corrected chi connectivity index (χ3v) is 4.13. The number of nitrogens with zero attached hydrogens (tertiary/aromatic N) is 2. The van der Waals surface area contributed by atoms with E-state index in [0.29, 0.717) is 23.5 Å². The van der Waals surface area contributed by atoms with Crippen molar-refractivity contribution in [2.75, 3.05) is 14.2 Å². The minimum Gasteiger partial charge on any atom is -0.464 e. The van der Waals surface area contributed by atoms with Gasteiger partial charge in [0.2, 0.25) is 0 Å². The van der Waals surface area contributed by atoms with E-state index in [2.05, 4.69) is 9.97 Å². The van der Waals surface area contributed by atoms with E-state index in [1.165, 1.54) is 20.4 Å². The highest BCUT2D eigenvalue weighted by molar-refractivity contribution is 7.90. The summed E-state index contributed by atoms with van der Waals surface area (Å²) in [6.45, 7) is 1.94. The molecule has 0 aliphatic rings. The van der Waals surface area contributed by atoms with Gasteiger partial charge in [-0.3, -0.25) is 4.98 Å². The number of aryl methyl sites for hydroxylation is 1. The molecule has 2 heterocycles. The summed E-state index contributed by atoms with van der Waals surface area (Å²) in [7, 11) is 2.39. The molecule has 0 saturated carbocycles. The SMILES string of the molecule is COC(=O)c1nc(C(=O)OC)c2cccnc2c1OSOOc1ccc(C)cc1. The first kappa shape index (κ1) is 20.4. The number of benzene rings is 1. The number of aromatic nitrogens is 2. The molecule has 0 radical (unpaired) electrons. The van der Waals surface area contributed by atoms with Crippen LogP contribution in [0.5, 0.6) is 11.5 Å². The van der Waals surface area contributed by atoms with Crippen LogP contribution in [0.25, 0.3) is 10.9 Å². The first-order chi connectivity index (χ1) is 14.0. The molecule has 0 fully saturated rings. The van der Waals surface area contributed by atoms with Gasteiger partial charge in [-0.2, -0.15) is 0 Å². The van der Waals surface area contributed by atoms with Gasteiger partial charge in [-0.25, -0.2) is 14.6 Å². The average Bonchev–Trinajstić information content (AvgIpc) is 2.76. The topological polar surface area (TPSA) is 106 Å². The van der Waals surface area contributed by atoms with E-state index in [-0.39, 0.29) is 22.7 Å². The molecule has 29 heavy (non-hydrogen) atoms. The fourth-order valence-electron chi connectivity index (χ4n) is 2.37. The summed E-state index contributed by atoms with van der Waals surface area (Å²) in [5.41, 5.74) is 0.920. The Hall–Kier alpha value is -3.37. The zero-order chi connectivity index (χ0) is 20.8. The van der Waals surface area contributed by atoms with Crippen molar-refractivity contribution in [1.82, 2.24) is 9.97 Å². The van der Waals surface area contributed by atoms with Gasteiger partial charge in [-0.15, -0.1) is 0 Å². The number of carbonyl (C=O) groups is 2. The third kappa shape index (κ3) is 4.55. The van der Waals surface area contributed by atoms with Crippen LogP contribution < -0.4 is 9.07 Å². The van der Waals surface area contributed by atoms with Gasteiger partial charge in [0.25, 0.3) is 12.3 Å². The van der Waals surface area contributed by atoms with Crippen LogP contribution in [0.4, 0.5) is 0 Å². The second kappa shape index (κ2) is 9.22. The highest BCUT2D eigenvalue weighted by atomic mass is 32.2. The molecule has 1 aromatic carbocycles. The van der Waals surface area contributed by atoms with Gasteiger partial charge in [0.1, 0.15) is 5.52 Å². The van der Waals surface area contributed by atoms with E-state index in [1.807, 2.05) is 19.1 Å². The predicted molar refractivity (Wildman–Crippen MR) is 103 cm³/mol. The molecule has 10 heteroatoms. The lowest BCUT2D eigenvalue weighted by molar-refractivity contribution is -0.0833. The summed E-state index contributed by atoms with van der Waals surface area (Å²) in [4.78, 5) is 37.7. The predicted octanol–water partition coefficient (Wildman–Crippen LogP) is 3.46. The Morgan fingerprint density at radius 3 is 2.34 bits per heavy atom. The fourth-order valence-corrected chi connectivity index (χ4v) is 2.73. The normalized spacial score (nSPS) is 10.4. The fraction of sp³-hybridized carbons (Fsp3) is 0.158. The molecule has 0 bridgehead atoms. The monoisotopic (exact) mass is 416 g/mol. The van der Waals surface area contributed by atoms with Crippen molar-refractivity contribution in [1.29, 1.82) is 0 Å². The summed E-state index contributed by atoms with van der Waals surface area (Å²) in [5.74, 6) is -1.14. The molecule has 9 nitrogen and oxygen atoms in total. The number of esters is 2. The number of carbonyl (C=O) groups excluding carboxylic acids is 2. The molecule has 0 aliphatic heterocycles. The number of ether oxygens (including phenoxy) is 2. The number of fused-ring (bicyclic) bond motifs is 1. The van der Waals surface area contributed by atoms with E-state index in [4.69, 9.17) is 22.9 Å². The summed E-state index contributed by atoms with van der Waals surface area (Å²) < 4.78 is 19.9. The Morgan fingerprint density at radius 2 is 1.66 bits per heavy atom. The maximum absolute atomic E-state index is 12.2. The average molecular weight is 416 g/mol. The van der Waals surface area contributed by atoms with Crippen LogP contribution in [0.1, 0.15) is 26.5 Å². The number of rotatable bonds is 7. The smallest absolute Gasteiger partial charge is 0.360 e. The van der Waals surface area contributed by atoms with Crippen molar-refractivity contribution < 1.29 is 32.5 Å². The Balaban J connectivity index is 1.89. The van der Waals surface area contributed by atoms with Gasteiger partial charge in [0.05, 0.1) is 14.2 Å². The van der Waals surface area contributed by atoms with Crippen molar-refractivity contribution in [2.24, 2.45) is 0 Å². The molecule has 0 aliphatic carbocycles. The molecule has 2 aromatic heterocycles. The lowest BCUT2D eigenvalue weighted by Crippen LogP contribution is -2.13. The lowest BCUT2D eigenvalue weighted by Gasteiger charge is -2.12. The van der Waals surface area contributed by atoms with Crippen molar-refractivity contribution in [3.8, 4) is 11.5 Å². The molecular weight excluding hydrogens is 400 g/mol. The molecule has 0 saturated heterocycles. The lowest BCUT2D eigenvalue weighted by atomic mass is 10.1. The largest absolute Gasteiger partial charge is 0.464 e. The second-order valence-electron chi connectivity index (χ2n) is 5.64. The molecule has 150 valence electrons. The molecule has 3 aromatic rings. The molecule has 0 atom stereocenters. The zero-order valence-electron chi connectivity index (χ0n) is 15.7. The summed E-state index contributed by atoms with van der Waals surface area (Å²) in [6.07, 6.45) is 1.48. The van der Waals surface area contributed by atoms with Crippen molar-refractivity contribution in [2.45, 2.75) is 6.92 Å². The van der Waals surface area contributed by atoms with E-state index in [0.717, 1.165) is 5.56 Å². The van der Waals surface area contributed by atoms with Crippen LogP contribution in [0.2, 0.25) is 0 Å². The molecule has 0 spiro atoms. The van der Waals surface area contributed by atoms with Crippen LogP contribution in [0.15, 0.2) is 42.6 Å². The van der Waals surface area contributed by atoms with Crippen molar-refractivity contribution in [3.05, 3.63) is 59.5 Å². The van der Waals surface area contributed by atoms with E-state index < -0.39 is 11.9 Å². The first-order valence-electron chi connectivity index (χ1n) is 8.25. The number of pyridine rings is 2. The van der Waals surface area contributed by atoms with Crippen molar-refractivity contribution >= 4 is 35.2 Å². The molecule has 0 N–H and O–H groups in total.